The number of aromatic nitrogens is 4. The van der Waals surface area contributed by atoms with Crippen molar-refractivity contribution in [3.8, 4) is 0 Å². The molecule has 0 spiro atoms. The minimum atomic E-state index is -0.298. The molecule has 3 rings (SSSR count). The summed E-state index contributed by atoms with van der Waals surface area (Å²) in [4.78, 5) is 0. The number of aryl methyl sites for hydroxylation is 2. The van der Waals surface area contributed by atoms with Crippen molar-refractivity contribution in [1.29, 1.82) is 0 Å². The van der Waals surface area contributed by atoms with Crippen LogP contribution in [0.5, 0.6) is 0 Å². The molecule has 1 unspecified atom stereocenters. The molecule has 0 amide bonds. The summed E-state index contributed by atoms with van der Waals surface area (Å²) in [6.07, 6.45) is 4.45. The summed E-state index contributed by atoms with van der Waals surface area (Å²) in [6.45, 7) is 5.81. The summed E-state index contributed by atoms with van der Waals surface area (Å²) in [7, 11) is 0. The van der Waals surface area contributed by atoms with Crippen LogP contribution in [0.15, 0.2) is 12.4 Å². The van der Waals surface area contributed by atoms with Crippen LogP contribution in [0.3, 0.4) is 0 Å². The van der Waals surface area contributed by atoms with Gasteiger partial charge in [0, 0.05) is 23.5 Å². The molecule has 2 aromatic heterocycles. The Morgan fingerprint density at radius 1 is 1.47 bits per heavy atom. The van der Waals surface area contributed by atoms with Crippen molar-refractivity contribution in [2.24, 2.45) is 0 Å². The number of fused-ring (bicyclic) bond motifs is 1. The number of hydrogen-bond acceptors (Lipinski definition) is 3. The first-order valence-corrected chi connectivity index (χ1v) is 6.94. The minimum Gasteiger partial charge on any atom is -0.388 e. The average molecular weight is 260 g/mol. The van der Waals surface area contributed by atoms with Crippen molar-refractivity contribution >= 4 is 0 Å². The van der Waals surface area contributed by atoms with E-state index < -0.39 is 0 Å². The molecule has 1 aliphatic carbocycles. The zero-order chi connectivity index (χ0) is 13.4. The lowest BCUT2D eigenvalue weighted by molar-refractivity contribution is 0.155. The Morgan fingerprint density at radius 3 is 3.11 bits per heavy atom. The predicted octanol–water partition coefficient (Wildman–Crippen LogP) is 1.83. The van der Waals surface area contributed by atoms with Crippen molar-refractivity contribution in [2.45, 2.75) is 52.3 Å². The molecule has 0 saturated carbocycles. The SMILES string of the molecule is CCn1cnnc1Cn1c(C)cc2c1CCCC2O. The van der Waals surface area contributed by atoms with E-state index in [1.807, 2.05) is 0 Å². The van der Waals surface area contributed by atoms with Gasteiger partial charge < -0.3 is 14.2 Å². The molecule has 1 atom stereocenters. The molecule has 0 aliphatic heterocycles. The summed E-state index contributed by atoms with van der Waals surface area (Å²) >= 11 is 0. The molecule has 0 aromatic carbocycles. The van der Waals surface area contributed by atoms with E-state index in [9.17, 15) is 5.11 Å². The third kappa shape index (κ3) is 2.08. The lowest BCUT2D eigenvalue weighted by Crippen LogP contribution is -2.15. The molecule has 19 heavy (non-hydrogen) atoms. The topological polar surface area (TPSA) is 55.9 Å². The highest BCUT2D eigenvalue weighted by Crippen LogP contribution is 2.32. The molecule has 1 N–H and O–H groups in total. The molecule has 1 aliphatic rings. The molecule has 0 radical (unpaired) electrons. The van der Waals surface area contributed by atoms with Gasteiger partial charge >= 0.3 is 0 Å². The Kier molecular flexibility index (Phi) is 3.14. The van der Waals surface area contributed by atoms with Gasteiger partial charge in [0.05, 0.1) is 12.6 Å². The number of aliphatic hydroxyl groups is 1. The van der Waals surface area contributed by atoms with Gasteiger partial charge in [-0.15, -0.1) is 10.2 Å². The lowest BCUT2D eigenvalue weighted by Gasteiger charge is -2.20. The number of hydrogen-bond donors (Lipinski definition) is 1. The fourth-order valence-corrected chi connectivity index (χ4v) is 2.97. The van der Waals surface area contributed by atoms with Gasteiger partial charge in [-0.2, -0.15) is 0 Å². The summed E-state index contributed by atoms with van der Waals surface area (Å²) < 4.78 is 4.33. The summed E-state index contributed by atoms with van der Waals surface area (Å²) in [6, 6.07) is 2.12. The molecule has 102 valence electrons. The van der Waals surface area contributed by atoms with E-state index in [-0.39, 0.29) is 6.10 Å². The van der Waals surface area contributed by atoms with Crippen LogP contribution in [0.1, 0.15) is 48.6 Å². The third-order valence-corrected chi connectivity index (χ3v) is 4.04. The van der Waals surface area contributed by atoms with Crippen LogP contribution < -0.4 is 0 Å². The maximum absolute atomic E-state index is 10.1. The third-order valence-electron chi connectivity index (χ3n) is 4.04. The molecular formula is C14H20N4O. The molecule has 5 nitrogen and oxygen atoms in total. The highest BCUT2D eigenvalue weighted by atomic mass is 16.3. The van der Waals surface area contributed by atoms with Crippen LogP contribution in [-0.2, 0) is 19.5 Å². The second-order valence-electron chi connectivity index (χ2n) is 5.22. The second kappa shape index (κ2) is 4.81. The maximum Gasteiger partial charge on any atom is 0.152 e. The molecule has 2 heterocycles. The van der Waals surface area contributed by atoms with Crippen molar-refractivity contribution in [3.05, 3.63) is 35.2 Å². The van der Waals surface area contributed by atoms with Crippen molar-refractivity contribution in [3.63, 3.8) is 0 Å². The number of aliphatic hydroxyl groups excluding tert-OH is 1. The van der Waals surface area contributed by atoms with Gasteiger partial charge in [0.1, 0.15) is 6.33 Å². The van der Waals surface area contributed by atoms with E-state index in [0.717, 1.165) is 43.7 Å². The van der Waals surface area contributed by atoms with E-state index >= 15 is 0 Å². The first-order valence-electron chi connectivity index (χ1n) is 6.94. The molecule has 5 heteroatoms. The molecule has 0 fully saturated rings. The Balaban J connectivity index is 1.97. The Labute approximate surface area is 112 Å². The van der Waals surface area contributed by atoms with Crippen LogP contribution in [0.4, 0.5) is 0 Å². The van der Waals surface area contributed by atoms with Crippen molar-refractivity contribution < 1.29 is 5.11 Å². The van der Waals surface area contributed by atoms with Gasteiger partial charge in [-0.05, 0) is 39.2 Å². The number of nitrogens with zero attached hydrogens (tertiary/aromatic N) is 4. The fraction of sp³-hybridized carbons (Fsp3) is 0.571. The van der Waals surface area contributed by atoms with E-state index in [1.165, 1.54) is 11.4 Å². The van der Waals surface area contributed by atoms with E-state index in [4.69, 9.17) is 0 Å². The highest BCUT2D eigenvalue weighted by Gasteiger charge is 2.23. The van der Waals surface area contributed by atoms with Crippen molar-refractivity contribution in [2.75, 3.05) is 0 Å². The van der Waals surface area contributed by atoms with Crippen LogP contribution in [0.2, 0.25) is 0 Å². The molecule has 0 saturated heterocycles. The smallest absolute Gasteiger partial charge is 0.152 e. The average Bonchev–Trinajstić information content (AvgIpc) is 2.97. The normalized spacial score (nSPS) is 18.6. The summed E-state index contributed by atoms with van der Waals surface area (Å²) in [5, 5.41) is 18.3. The fourth-order valence-electron chi connectivity index (χ4n) is 2.97. The van der Waals surface area contributed by atoms with Crippen LogP contribution >= 0.6 is 0 Å². The largest absolute Gasteiger partial charge is 0.388 e. The zero-order valence-corrected chi connectivity index (χ0v) is 11.5. The number of rotatable bonds is 3. The highest BCUT2D eigenvalue weighted by molar-refractivity contribution is 5.32. The van der Waals surface area contributed by atoms with Gasteiger partial charge in [0.15, 0.2) is 5.82 Å². The van der Waals surface area contributed by atoms with Gasteiger partial charge in [-0.3, -0.25) is 0 Å². The zero-order valence-electron chi connectivity index (χ0n) is 11.5. The van der Waals surface area contributed by atoms with Crippen molar-refractivity contribution in [1.82, 2.24) is 19.3 Å². The monoisotopic (exact) mass is 260 g/mol. The second-order valence-corrected chi connectivity index (χ2v) is 5.22. The first kappa shape index (κ1) is 12.4. The predicted molar refractivity (Wildman–Crippen MR) is 71.9 cm³/mol. The minimum absolute atomic E-state index is 0.298. The molecule has 0 bridgehead atoms. The van der Waals surface area contributed by atoms with Gasteiger partial charge in [-0.1, -0.05) is 0 Å². The summed E-state index contributed by atoms with van der Waals surface area (Å²) in [5.41, 5.74) is 3.56. The Morgan fingerprint density at radius 2 is 2.32 bits per heavy atom. The van der Waals surface area contributed by atoms with Gasteiger partial charge in [-0.25, -0.2) is 0 Å². The maximum atomic E-state index is 10.1. The van der Waals surface area contributed by atoms with E-state index in [2.05, 4.69) is 39.2 Å². The molecule has 2 aromatic rings. The van der Waals surface area contributed by atoms with E-state index in [0.29, 0.717) is 0 Å². The van der Waals surface area contributed by atoms with Crippen LogP contribution in [0, 0.1) is 6.92 Å². The summed E-state index contributed by atoms with van der Waals surface area (Å²) in [5.74, 6) is 0.976. The van der Waals surface area contributed by atoms with Crippen LogP contribution in [0.25, 0.3) is 0 Å². The van der Waals surface area contributed by atoms with Crippen LogP contribution in [-0.4, -0.2) is 24.4 Å². The lowest BCUT2D eigenvalue weighted by atomic mass is 9.95. The van der Waals surface area contributed by atoms with Gasteiger partial charge in [0.25, 0.3) is 0 Å². The van der Waals surface area contributed by atoms with E-state index in [1.54, 1.807) is 6.33 Å². The standard InChI is InChI=1S/C14H20N4O/c1-3-17-9-15-16-14(17)8-18-10(2)7-11-12(18)5-4-6-13(11)19/h7,9,13,19H,3-6,8H2,1-2H3. The first-order chi connectivity index (χ1) is 9.20. The van der Waals surface area contributed by atoms with Gasteiger partial charge in [0.2, 0.25) is 0 Å². The quantitative estimate of drug-likeness (QED) is 0.916. The molecular weight excluding hydrogens is 240 g/mol. The Hall–Kier alpha value is -1.62. The Bertz CT molecular complexity index is 584.